The zero-order chi connectivity index (χ0) is 19.4. The summed E-state index contributed by atoms with van der Waals surface area (Å²) < 4.78 is 111. The topological polar surface area (TPSA) is 102 Å². The van der Waals surface area contributed by atoms with Gasteiger partial charge >= 0.3 is 11.0 Å². The molecule has 1 N–H and O–H groups in total. The second-order valence-corrected chi connectivity index (χ2v) is 7.58. The molecule has 0 radical (unpaired) electrons. The third-order valence-electron chi connectivity index (χ3n) is 2.22. The van der Waals surface area contributed by atoms with E-state index in [-0.39, 0.29) is 0 Å². The molecule has 0 spiro atoms. The zero-order valence-corrected chi connectivity index (χ0v) is 13.8. The molecule has 0 amide bonds. The van der Waals surface area contributed by atoms with E-state index in [9.17, 15) is 43.2 Å². The number of hydrogen-bond acceptors (Lipinski definition) is 4. The molecule has 0 atom stereocenters. The molecule has 24 heavy (non-hydrogen) atoms. The van der Waals surface area contributed by atoms with E-state index in [1.54, 1.807) is 0 Å². The molecule has 0 saturated carbocycles. The molecular formula is C9H13F6N3O4S2. The first-order valence-corrected chi connectivity index (χ1v) is 8.83. The summed E-state index contributed by atoms with van der Waals surface area (Å²) in [5.41, 5.74) is -12.4. The molecule has 0 aliphatic rings. The molecule has 0 unspecified atom stereocenters. The largest absolute Gasteiger partial charge is 0.480 e. The highest BCUT2D eigenvalue weighted by molar-refractivity contribution is 8.13. The highest BCUT2D eigenvalue weighted by Gasteiger charge is 2.46. The van der Waals surface area contributed by atoms with E-state index >= 15 is 0 Å². The minimum Gasteiger partial charge on any atom is -0.421 e. The van der Waals surface area contributed by atoms with Crippen LogP contribution >= 0.6 is 0 Å². The van der Waals surface area contributed by atoms with Crippen molar-refractivity contribution in [3.8, 4) is 0 Å². The normalized spacial score (nSPS) is 13.3. The van der Waals surface area contributed by atoms with E-state index in [0.29, 0.717) is 0 Å². The molecule has 1 rings (SSSR count). The van der Waals surface area contributed by atoms with E-state index in [1.165, 1.54) is 12.2 Å². The molecule has 15 heteroatoms. The Balaban J connectivity index is 0.000000496. The van der Waals surface area contributed by atoms with Crippen LogP contribution < -0.4 is 4.57 Å². The lowest BCUT2D eigenvalue weighted by Crippen LogP contribution is -2.33. The molecule has 7 nitrogen and oxygen atoms in total. The van der Waals surface area contributed by atoms with Gasteiger partial charge in [-0.2, -0.15) is 26.3 Å². The molecule has 1 heterocycles. The molecule has 1 aromatic rings. The summed E-state index contributed by atoms with van der Waals surface area (Å²) in [5.74, 6) is 1.23. The Bertz CT molecular complexity index is 694. The van der Waals surface area contributed by atoms with E-state index in [0.717, 1.165) is 10.7 Å². The van der Waals surface area contributed by atoms with Crippen molar-refractivity contribution < 1.29 is 47.7 Å². The third kappa shape index (κ3) is 6.27. The Hall–Kier alpha value is -1.35. The Labute approximate surface area is 133 Å². The van der Waals surface area contributed by atoms with Crippen molar-refractivity contribution in [3.05, 3.63) is 22.3 Å². The summed E-state index contributed by atoms with van der Waals surface area (Å²) >= 11 is 0. The number of nitrogens with zero attached hydrogens (tertiary/aromatic N) is 2. The maximum atomic E-state index is 11.4. The van der Waals surface area contributed by atoms with Gasteiger partial charge in [0.15, 0.2) is 20.0 Å². The van der Waals surface area contributed by atoms with Gasteiger partial charge < -0.3 is 4.13 Å². The number of imidazole rings is 1. The number of halogens is 6. The first kappa shape index (κ1) is 22.6. The lowest BCUT2D eigenvalue weighted by molar-refractivity contribution is -0.701. The van der Waals surface area contributed by atoms with Gasteiger partial charge in [-0.1, -0.05) is 6.92 Å². The van der Waals surface area contributed by atoms with Crippen LogP contribution in [0.5, 0.6) is 0 Å². The molecule has 0 aliphatic heterocycles. The number of hydrogen-bond donors (Lipinski definition) is 1. The van der Waals surface area contributed by atoms with Crippen molar-refractivity contribution in [2.45, 2.75) is 37.8 Å². The number of alkyl halides is 6. The number of nitrogens with one attached hydrogen (secondary N) is 1. The summed E-state index contributed by atoms with van der Waals surface area (Å²) in [6, 6.07) is 0. The van der Waals surface area contributed by atoms with Crippen LogP contribution in [0.4, 0.5) is 26.3 Å². The Morgan fingerprint density at radius 1 is 1.04 bits per heavy atom. The van der Waals surface area contributed by atoms with Gasteiger partial charge in [-0.25, -0.2) is 26.4 Å². The Morgan fingerprint density at radius 2 is 1.46 bits per heavy atom. The van der Waals surface area contributed by atoms with Gasteiger partial charge in [-0.3, -0.25) is 0 Å². The Morgan fingerprint density at radius 3 is 1.71 bits per heavy atom. The highest BCUT2D eigenvalue weighted by atomic mass is 32.3. The molecule has 0 aliphatic carbocycles. The number of aromatic amines is 1. The van der Waals surface area contributed by atoms with Crippen LogP contribution in [-0.2, 0) is 26.6 Å². The van der Waals surface area contributed by atoms with Crippen LogP contribution in [0, 0.1) is 6.92 Å². The maximum absolute atomic E-state index is 11.4. The molecular weight excluding hydrogens is 392 g/mol. The fourth-order valence-electron chi connectivity index (χ4n) is 1.14. The van der Waals surface area contributed by atoms with E-state index in [1.807, 2.05) is 6.20 Å². The number of rotatable bonds is 4. The minimum atomic E-state index is -6.72. The van der Waals surface area contributed by atoms with Crippen LogP contribution in [0.15, 0.2) is 12.4 Å². The minimum absolute atomic E-state index is 0.778. The van der Waals surface area contributed by atoms with E-state index < -0.39 is 31.1 Å². The number of aryl methyl sites for hydroxylation is 2. The summed E-state index contributed by atoms with van der Waals surface area (Å²) in [6.45, 7) is 5.38. The van der Waals surface area contributed by atoms with Crippen molar-refractivity contribution in [1.82, 2.24) is 4.98 Å². The lowest BCUT2D eigenvalue weighted by Gasteiger charge is -2.22. The van der Waals surface area contributed by atoms with E-state index in [4.69, 9.17) is 0 Å². The molecule has 0 aromatic carbocycles. The number of sulfonamides is 2. The van der Waals surface area contributed by atoms with Gasteiger partial charge in [-0.05, 0) is 6.42 Å². The van der Waals surface area contributed by atoms with Crippen LogP contribution in [0.1, 0.15) is 19.2 Å². The van der Waals surface area contributed by atoms with Crippen LogP contribution in [0.2, 0.25) is 0 Å². The average Bonchev–Trinajstić information content (AvgIpc) is 2.72. The second-order valence-electron chi connectivity index (χ2n) is 4.16. The standard InChI is InChI=1S/C7H12N2.C2F6NO4S2/c1-3-5-9-6-4-8-7(9)2;3-1(4,5)14(10,11)9-15(12,13)2(6,7)8/h4,6H,3,5H2,1-2H3;/q;-1/p+1. The van der Waals surface area contributed by atoms with Gasteiger partial charge in [0.2, 0.25) is 0 Å². The monoisotopic (exact) mass is 405 g/mol. The summed E-state index contributed by atoms with van der Waals surface area (Å²) in [6.07, 6.45) is 5.23. The van der Waals surface area contributed by atoms with E-state index in [2.05, 4.69) is 29.6 Å². The maximum Gasteiger partial charge on any atom is 0.480 e. The molecule has 0 fully saturated rings. The van der Waals surface area contributed by atoms with Gasteiger partial charge in [0.1, 0.15) is 12.4 Å². The van der Waals surface area contributed by atoms with Gasteiger partial charge in [0, 0.05) is 6.92 Å². The molecule has 142 valence electrons. The zero-order valence-electron chi connectivity index (χ0n) is 12.2. The summed E-state index contributed by atoms with van der Waals surface area (Å²) in [7, 11) is -13.4. The summed E-state index contributed by atoms with van der Waals surface area (Å²) in [5, 5.41) is 0. The molecule has 0 saturated heterocycles. The van der Waals surface area contributed by atoms with Crippen molar-refractivity contribution in [2.75, 3.05) is 0 Å². The van der Waals surface area contributed by atoms with Crippen LogP contribution in [0.3, 0.4) is 0 Å². The number of aromatic nitrogens is 2. The number of H-pyrrole nitrogens is 1. The Kier molecular flexibility index (Phi) is 7.26. The fourth-order valence-corrected chi connectivity index (χ4v) is 2.85. The smallest absolute Gasteiger partial charge is 0.421 e. The predicted molar refractivity (Wildman–Crippen MR) is 69.3 cm³/mol. The highest BCUT2D eigenvalue weighted by Crippen LogP contribution is 2.36. The quantitative estimate of drug-likeness (QED) is 0.612. The predicted octanol–water partition coefficient (Wildman–Crippen LogP) is 2.08. The lowest BCUT2D eigenvalue weighted by atomic mass is 10.5. The van der Waals surface area contributed by atoms with Crippen molar-refractivity contribution in [3.63, 3.8) is 0 Å². The van der Waals surface area contributed by atoms with Crippen molar-refractivity contribution >= 4 is 20.0 Å². The van der Waals surface area contributed by atoms with Gasteiger partial charge in [0.25, 0.3) is 5.82 Å². The van der Waals surface area contributed by atoms with Crippen LogP contribution in [-0.4, -0.2) is 32.8 Å². The second kappa shape index (κ2) is 7.69. The molecule has 0 bridgehead atoms. The van der Waals surface area contributed by atoms with Crippen molar-refractivity contribution in [1.29, 1.82) is 0 Å². The fraction of sp³-hybridized carbons (Fsp3) is 0.667. The SMILES string of the molecule is CCC[n+]1cc[nH]c1C.O=S(=O)([N-]S(=O)(=O)C(F)(F)F)C(F)(F)F. The third-order valence-corrected chi connectivity index (χ3v) is 4.96. The first-order chi connectivity index (χ1) is 10.5. The summed E-state index contributed by atoms with van der Waals surface area (Å²) in [4.78, 5) is 3.12. The first-order valence-electron chi connectivity index (χ1n) is 5.95. The molecule has 1 aromatic heterocycles. The van der Waals surface area contributed by atoms with Gasteiger partial charge in [0.05, 0.1) is 6.54 Å². The average molecular weight is 405 g/mol. The van der Waals surface area contributed by atoms with Crippen molar-refractivity contribution in [2.24, 2.45) is 0 Å². The van der Waals surface area contributed by atoms with Gasteiger partial charge in [-0.15, -0.1) is 0 Å². The van der Waals surface area contributed by atoms with Crippen LogP contribution in [0.25, 0.3) is 4.13 Å².